The van der Waals surface area contributed by atoms with Crippen LogP contribution in [0.15, 0.2) is 17.2 Å². The number of fused-ring (bicyclic) bond motifs is 1. The summed E-state index contributed by atoms with van der Waals surface area (Å²) in [6, 6.07) is 0.210. The summed E-state index contributed by atoms with van der Waals surface area (Å²) in [7, 11) is 0. The molecule has 0 aliphatic carbocycles. The van der Waals surface area contributed by atoms with Crippen molar-refractivity contribution in [1.29, 1.82) is 0 Å². The zero-order valence-electron chi connectivity index (χ0n) is 14.4. The Labute approximate surface area is 155 Å². The standard InChI is InChI=1S/C16H17F6N5O/c17-10-6-12(19)11(18)4-8(10)3-9(23)5-14(28)26-1-2-27-13(7-26)24-25-15(27)16(20,21)22/h4,6,9,15,25H,1-3,5,7,23H2/t9-,15?/m1/s1. The number of hydrazone groups is 1. The van der Waals surface area contributed by atoms with Crippen molar-refractivity contribution in [3.8, 4) is 0 Å². The van der Waals surface area contributed by atoms with Crippen molar-refractivity contribution in [2.45, 2.75) is 31.2 Å². The molecule has 0 saturated carbocycles. The Bertz CT molecular complexity index is 798. The molecule has 1 saturated heterocycles. The van der Waals surface area contributed by atoms with E-state index in [2.05, 4.69) is 5.10 Å². The molecule has 0 bridgehead atoms. The van der Waals surface area contributed by atoms with Crippen LogP contribution < -0.4 is 11.2 Å². The molecule has 0 radical (unpaired) electrons. The number of rotatable bonds is 4. The average molecular weight is 409 g/mol. The van der Waals surface area contributed by atoms with Crippen molar-refractivity contribution in [3.63, 3.8) is 0 Å². The first-order chi connectivity index (χ1) is 13.1. The van der Waals surface area contributed by atoms with E-state index in [1.807, 2.05) is 5.43 Å². The number of nitrogens with zero attached hydrogens (tertiary/aromatic N) is 3. The topological polar surface area (TPSA) is 74.0 Å². The van der Waals surface area contributed by atoms with Crippen LogP contribution in [0.2, 0.25) is 0 Å². The lowest BCUT2D eigenvalue weighted by atomic mass is 10.0. The zero-order chi connectivity index (χ0) is 20.6. The van der Waals surface area contributed by atoms with E-state index in [-0.39, 0.29) is 43.9 Å². The van der Waals surface area contributed by atoms with Gasteiger partial charge in [0, 0.05) is 31.6 Å². The fraction of sp³-hybridized carbons (Fsp3) is 0.500. The van der Waals surface area contributed by atoms with Gasteiger partial charge in [0.25, 0.3) is 0 Å². The van der Waals surface area contributed by atoms with E-state index in [1.54, 1.807) is 0 Å². The van der Waals surface area contributed by atoms with E-state index in [4.69, 9.17) is 5.73 Å². The van der Waals surface area contributed by atoms with Crippen LogP contribution in [0.3, 0.4) is 0 Å². The number of halogens is 6. The summed E-state index contributed by atoms with van der Waals surface area (Å²) >= 11 is 0. The molecule has 1 aromatic carbocycles. The third kappa shape index (κ3) is 4.16. The minimum Gasteiger partial charge on any atom is -0.333 e. The molecule has 3 rings (SSSR count). The normalized spacial score (nSPS) is 20.5. The van der Waals surface area contributed by atoms with Gasteiger partial charge in [-0.2, -0.15) is 18.3 Å². The summed E-state index contributed by atoms with van der Waals surface area (Å²) in [5.74, 6) is -3.89. The molecule has 12 heteroatoms. The third-order valence-corrected chi connectivity index (χ3v) is 4.57. The summed E-state index contributed by atoms with van der Waals surface area (Å²) < 4.78 is 78.6. The Kier molecular flexibility index (Phi) is 5.41. The maximum Gasteiger partial charge on any atom is 0.428 e. The lowest BCUT2D eigenvalue weighted by Crippen LogP contribution is -2.58. The molecule has 0 spiro atoms. The van der Waals surface area contributed by atoms with Gasteiger partial charge < -0.3 is 15.5 Å². The molecule has 6 nitrogen and oxygen atoms in total. The summed E-state index contributed by atoms with van der Waals surface area (Å²) in [6.07, 6.45) is -6.86. The number of nitrogens with two attached hydrogens (primary N) is 1. The molecular formula is C16H17F6N5O. The molecular weight excluding hydrogens is 392 g/mol. The van der Waals surface area contributed by atoms with Crippen molar-refractivity contribution >= 4 is 11.7 Å². The first-order valence-electron chi connectivity index (χ1n) is 8.38. The molecule has 1 fully saturated rings. The van der Waals surface area contributed by atoms with Crippen LogP contribution in [0.5, 0.6) is 0 Å². The lowest BCUT2D eigenvalue weighted by molar-refractivity contribution is -0.179. The fourth-order valence-electron chi connectivity index (χ4n) is 3.17. The molecule has 3 N–H and O–H groups in total. The minimum atomic E-state index is -4.51. The molecule has 2 atom stereocenters. The van der Waals surface area contributed by atoms with Gasteiger partial charge in [0.1, 0.15) is 11.7 Å². The Balaban J connectivity index is 1.57. The summed E-state index contributed by atoms with van der Waals surface area (Å²) in [5, 5.41) is 3.64. The van der Waals surface area contributed by atoms with Crippen molar-refractivity contribution in [1.82, 2.24) is 15.2 Å². The van der Waals surface area contributed by atoms with Gasteiger partial charge in [-0.05, 0) is 18.1 Å². The number of hydrogen-bond acceptors (Lipinski definition) is 5. The van der Waals surface area contributed by atoms with Crippen LogP contribution >= 0.6 is 0 Å². The van der Waals surface area contributed by atoms with Gasteiger partial charge in [0.15, 0.2) is 11.6 Å². The molecule has 1 aromatic rings. The number of nitrogens with one attached hydrogen (secondary N) is 1. The number of carbonyl (C=O) groups is 1. The summed E-state index contributed by atoms with van der Waals surface area (Å²) in [4.78, 5) is 14.7. The van der Waals surface area contributed by atoms with Crippen LogP contribution in [0.25, 0.3) is 0 Å². The van der Waals surface area contributed by atoms with Crippen LogP contribution in [0, 0.1) is 17.5 Å². The quantitative estimate of drug-likeness (QED) is 0.581. The minimum absolute atomic E-state index is 0.0401. The second-order valence-corrected chi connectivity index (χ2v) is 6.64. The van der Waals surface area contributed by atoms with Crippen molar-refractivity contribution in [2.75, 3.05) is 19.6 Å². The highest BCUT2D eigenvalue weighted by molar-refractivity contribution is 5.90. The Morgan fingerprint density at radius 2 is 1.89 bits per heavy atom. The summed E-state index contributed by atoms with van der Waals surface area (Å²) in [6.45, 7) is -0.141. The number of benzene rings is 1. The van der Waals surface area contributed by atoms with Gasteiger partial charge >= 0.3 is 6.18 Å². The van der Waals surface area contributed by atoms with Gasteiger partial charge in [-0.25, -0.2) is 13.2 Å². The molecule has 0 aromatic heterocycles. The third-order valence-electron chi connectivity index (χ3n) is 4.57. The van der Waals surface area contributed by atoms with Gasteiger partial charge in [0.05, 0.1) is 6.54 Å². The van der Waals surface area contributed by atoms with E-state index in [1.165, 1.54) is 4.90 Å². The van der Waals surface area contributed by atoms with Gasteiger partial charge in [-0.1, -0.05) is 0 Å². The molecule has 2 heterocycles. The molecule has 2 aliphatic heterocycles. The highest BCUT2D eigenvalue weighted by Crippen LogP contribution is 2.27. The van der Waals surface area contributed by atoms with Crippen molar-refractivity contribution in [2.24, 2.45) is 10.8 Å². The molecule has 1 unspecified atom stereocenters. The number of hydrogen-bond donors (Lipinski definition) is 2. The second kappa shape index (κ2) is 7.49. The number of amidine groups is 1. The predicted molar refractivity (Wildman–Crippen MR) is 86.3 cm³/mol. The fourth-order valence-corrected chi connectivity index (χ4v) is 3.17. The SMILES string of the molecule is N[C@@H](CC(=O)N1CCN2C(=NNC2C(F)(F)F)C1)Cc1cc(F)c(F)cc1F. The van der Waals surface area contributed by atoms with Crippen LogP contribution in [-0.4, -0.2) is 59.6 Å². The maximum absolute atomic E-state index is 13.7. The van der Waals surface area contributed by atoms with Crippen LogP contribution in [0.4, 0.5) is 26.3 Å². The number of alkyl halides is 3. The maximum atomic E-state index is 13.7. The van der Waals surface area contributed by atoms with E-state index >= 15 is 0 Å². The van der Waals surface area contributed by atoms with Gasteiger partial charge in [0.2, 0.25) is 12.1 Å². The predicted octanol–water partition coefficient (Wildman–Crippen LogP) is 1.31. The highest BCUT2D eigenvalue weighted by atomic mass is 19.4. The molecule has 154 valence electrons. The first-order valence-corrected chi connectivity index (χ1v) is 8.38. The largest absolute Gasteiger partial charge is 0.428 e. The van der Waals surface area contributed by atoms with E-state index in [0.29, 0.717) is 12.1 Å². The zero-order valence-corrected chi connectivity index (χ0v) is 14.4. The van der Waals surface area contributed by atoms with Crippen molar-refractivity contribution in [3.05, 3.63) is 35.1 Å². The number of piperazine rings is 1. The molecule has 1 amide bonds. The van der Waals surface area contributed by atoms with E-state index in [0.717, 1.165) is 4.90 Å². The second-order valence-electron chi connectivity index (χ2n) is 6.64. The molecule has 28 heavy (non-hydrogen) atoms. The van der Waals surface area contributed by atoms with Crippen LogP contribution in [0.1, 0.15) is 12.0 Å². The Hall–Kier alpha value is -2.50. The monoisotopic (exact) mass is 409 g/mol. The Morgan fingerprint density at radius 1 is 1.21 bits per heavy atom. The highest BCUT2D eigenvalue weighted by Gasteiger charge is 2.49. The number of amides is 1. The smallest absolute Gasteiger partial charge is 0.333 e. The first kappa shape index (κ1) is 20.2. The van der Waals surface area contributed by atoms with Crippen LogP contribution in [-0.2, 0) is 11.2 Å². The molecule has 2 aliphatic rings. The average Bonchev–Trinajstić information content (AvgIpc) is 3.03. The van der Waals surface area contributed by atoms with Gasteiger partial charge in [-0.15, -0.1) is 0 Å². The lowest BCUT2D eigenvalue weighted by Gasteiger charge is -2.37. The van der Waals surface area contributed by atoms with Crippen molar-refractivity contribution < 1.29 is 31.1 Å². The number of carbonyl (C=O) groups excluding carboxylic acids is 1. The van der Waals surface area contributed by atoms with E-state index < -0.39 is 41.7 Å². The van der Waals surface area contributed by atoms with E-state index in [9.17, 15) is 31.1 Å². The van der Waals surface area contributed by atoms with Gasteiger partial charge in [-0.3, -0.25) is 10.2 Å². The summed E-state index contributed by atoms with van der Waals surface area (Å²) in [5.41, 5.74) is 7.66. The Morgan fingerprint density at radius 3 is 2.57 bits per heavy atom.